The van der Waals surface area contributed by atoms with Crippen molar-refractivity contribution in [1.82, 2.24) is 19.4 Å². The first-order valence-electron chi connectivity index (χ1n) is 14.5. The summed E-state index contributed by atoms with van der Waals surface area (Å²) in [7, 11) is 0. The number of ether oxygens (including phenoxy) is 3. The Morgan fingerprint density at radius 2 is 1.57 bits per heavy atom. The van der Waals surface area contributed by atoms with Gasteiger partial charge in [-0.2, -0.15) is 0 Å². The molecule has 1 saturated heterocycles. The molecule has 5 rings (SSSR count). The van der Waals surface area contributed by atoms with E-state index in [0.29, 0.717) is 30.6 Å². The molecule has 4 aromatic rings. The van der Waals surface area contributed by atoms with Gasteiger partial charge in [-0.05, 0) is 49.4 Å². The standard InChI is InChI=1S/C33H34N4O7/c1-22-16-23(2)35-30-29(22)34-21-36(31(30)39)18-26(38)17-27-28(44-33(41)43-20-25-12-7-4-8-13-25)14-9-15-37(27)32(40)42-19-24-10-5-3-6-11-24/h3-8,10-13,16,21,27-28H,9,14-15,17-20H2,1-2H3/t27-,28+/m1/s1. The van der Waals surface area contributed by atoms with Gasteiger partial charge < -0.3 is 19.1 Å². The van der Waals surface area contributed by atoms with Gasteiger partial charge in [0.25, 0.3) is 5.56 Å². The lowest BCUT2D eigenvalue weighted by molar-refractivity contribution is -0.123. The summed E-state index contributed by atoms with van der Waals surface area (Å²) in [4.78, 5) is 62.7. The maximum absolute atomic E-state index is 13.4. The number of carbonyl (C=O) groups is 3. The van der Waals surface area contributed by atoms with Crippen LogP contribution < -0.4 is 5.56 Å². The van der Waals surface area contributed by atoms with E-state index in [2.05, 4.69) is 9.97 Å². The number of fused-ring (bicyclic) bond motifs is 1. The van der Waals surface area contributed by atoms with Crippen molar-refractivity contribution in [1.29, 1.82) is 0 Å². The Kier molecular flexibility index (Phi) is 9.63. The van der Waals surface area contributed by atoms with Crippen LogP contribution >= 0.6 is 0 Å². The zero-order chi connectivity index (χ0) is 31.1. The van der Waals surface area contributed by atoms with Crippen molar-refractivity contribution in [2.45, 2.75) is 65.0 Å². The highest BCUT2D eigenvalue weighted by atomic mass is 16.7. The number of carbonyl (C=O) groups excluding carboxylic acids is 3. The second-order valence-electron chi connectivity index (χ2n) is 10.8. The monoisotopic (exact) mass is 598 g/mol. The SMILES string of the molecule is Cc1cc(C)c2ncn(CC(=O)C[C@@H]3[C@@H](OC(=O)OCc4ccccc4)CCCN3C(=O)OCc3ccccc3)c(=O)c2n1. The molecule has 2 aromatic heterocycles. The third-order valence-corrected chi connectivity index (χ3v) is 7.49. The van der Waals surface area contributed by atoms with Gasteiger partial charge in [0.05, 0.1) is 24.4 Å². The molecule has 0 saturated carbocycles. The molecule has 2 aromatic carbocycles. The molecule has 228 valence electrons. The van der Waals surface area contributed by atoms with Crippen LogP contribution in [0.5, 0.6) is 0 Å². The van der Waals surface area contributed by atoms with Gasteiger partial charge in [-0.3, -0.25) is 14.2 Å². The Morgan fingerprint density at radius 3 is 2.25 bits per heavy atom. The summed E-state index contributed by atoms with van der Waals surface area (Å²) in [5.74, 6) is -0.350. The summed E-state index contributed by atoms with van der Waals surface area (Å²) in [5.41, 5.74) is 3.31. The number of aryl methyl sites for hydroxylation is 2. The van der Waals surface area contributed by atoms with Gasteiger partial charge in [0.15, 0.2) is 11.3 Å². The van der Waals surface area contributed by atoms with Gasteiger partial charge in [0.2, 0.25) is 0 Å². The fraction of sp³-hybridized carbons (Fsp3) is 0.333. The van der Waals surface area contributed by atoms with E-state index in [1.807, 2.05) is 73.7 Å². The molecule has 0 unspecified atom stereocenters. The predicted molar refractivity (Wildman–Crippen MR) is 161 cm³/mol. The van der Waals surface area contributed by atoms with Crippen LogP contribution in [0.2, 0.25) is 0 Å². The van der Waals surface area contributed by atoms with Crippen LogP contribution in [0, 0.1) is 13.8 Å². The number of rotatable bonds is 9. The van der Waals surface area contributed by atoms with Crippen molar-refractivity contribution in [3.63, 3.8) is 0 Å². The molecule has 0 radical (unpaired) electrons. The molecule has 1 aliphatic rings. The van der Waals surface area contributed by atoms with E-state index in [1.165, 1.54) is 15.8 Å². The van der Waals surface area contributed by atoms with Gasteiger partial charge in [-0.25, -0.2) is 19.6 Å². The maximum Gasteiger partial charge on any atom is 0.508 e. The topological polar surface area (TPSA) is 130 Å². The molecule has 2 atom stereocenters. The molecule has 11 nitrogen and oxygen atoms in total. The summed E-state index contributed by atoms with van der Waals surface area (Å²) < 4.78 is 17.8. The van der Waals surface area contributed by atoms with Crippen LogP contribution in [0.3, 0.4) is 0 Å². The van der Waals surface area contributed by atoms with Crippen LogP contribution in [-0.4, -0.2) is 56.2 Å². The smallest absolute Gasteiger partial charge is 0.445 e. The number of benzene rings is 2. The Balaban J connectivity index is 1.32. The van der Waals surface area contributed by atoms with Crippen LogP contribution in [0.4, 0.5) is 9.59 Å². The van der Waals surface area contributed by atoms with Crippen molar-refractivity contribution in [3.05, 3.63) is 106 Å². The van der Waals surface area contributed by atoms with Crippen molar-refractivity contribution in [3.8, 4) is 0 Å². The highest BCUT2D eigenvalue weighted by molar-refractivity contribution is 5.81. The minimum absolute atomic E-state index is 0.0175. The first-order valence-corrected chi connectivity index (χ1v) is 14.5. The van der Waals surface area contributed by atoms with E-state index in [9.17, 15) is 19.2 Å². The number of hydrogen-bond acceptors (Lipinski definition) is 9. The summed E-state index contributed by atoms with van der Waals surface area (Å²) in [6.45, 7) is 3.72. The van der Waals surface area contributed by atoms with E-state index in [1.54, 1.807) is 6.92 Å². The number of amides is 1. The molecule has 1 aliphatic heterocycles. The number of ketones is 1. The lowest BCUT2D eigenvalue weighted by Crippen LogP contribution is -2.53. The van der Waals surface area contributed by atoms with Crippen molar-refractivity contribution < 1.29 is 28.6 Å². The zero-order valence-corrected chi connectivity index (χ0v) is 24.7. The van der Waals surface area contributed by atoms with E-state index < -0.39 is 30.0 Å². The van der Waals surface area contributed by atoms with Crippen molar-refractivity contribution in [2.24, 2.45) is 0 Å². The first kappa shape index (κ1) is 30.4. The van der Waals surface area contributed by atoms with Crippen molar-refractivity contribution >= 4 is 29.1 Å². The molecule has 3 heterocycles. The minimum atomic E-state index is -0.900. The maximum atomic E-state index is 13.4. The average molecular weight is 599 g/mol. The van der Waals surface area contributed by atoms with Crippen LogP contribution in [0.15, 0.2) is 77.9 Å². The molecular weight excluding hydrogens is 564 g/mol. The molecule has 0 spiro atoms. The highest BCUT2D eigenvalue weighted by Gasteiger charge is 2.39. The summed E-state index contributed by atoms with van der Waals surface area (Å²) in [5, 5.41) is 0. The number of nitrogens with zero attached hydrogens (tertiary/aromatic N) is 4. The molecule has 0 aliphatic carbocycles. The van der Waals surface area contributed by atoms with Gasteiger partial charge in [-0.15, -0.1) is 0 Å². The van der Waals surface area contributed by atoms with Gasteiger partial charge in [0.1, 0.15) is 19.3 Å². The summed E-state index contributed by atoms with van der Waals surface area (Å²) in [6, 6.07) is 19.4. The Hall–Kier alpha value is -5.06. The number of Topliss-reactive ketones (excluding diaryl/α,β-unsaturated/α-hetero) is 1. The van der Waals surface area contributed by atoms with E-state index in [-0.39, 0.29) is 37.5 Å². The number of pyridine rings is 1. The highest BCUT2D eigenvalue weighted by Crippen LogP contribution is 2.26. The largest absolute Gasteiger partial charge is 0.508 e. The number of aromatic nitrogens is 3. The van der Waals surface area contributed by atoms with Gasteiger partial charge in [0, 0.05) is 18.7 Å². The third-order valence-electron chi connectivity index (χ3n) is 7.49. The van der Waals surface area contributed by atoms with Crippen LogP contribution in [-0.2, 0) is 38.8 Å². The first-order chi connectivity index (χ1) is 21.3. The van der Waals surface area contributed by atoms with Crippen LogP contribution in [0.1, 0.15) is 41.6 Å². The lowest BCUT2D eigenvalue weighted by atomic mass is 9.94. The zero-order valence-electron chi connectivity index (χ0n) is 24.7. The predicted octanol–water partition coefficient (Wildman–Crippen LogP) is 4.89. The Labute approximate surface area is 254 Å². The third kappa shape index (κ3) is 7.47. The minimum Gasteiger partial charge on any atom is -0.445 e. The van der Waals surface area contributed by atoms with E-state index in [4.69, 9.17) is 14.2 Å². The molecule has 44 heavy (non-hydrogen) atoms. The van der Waals surface area contributed by atoms with E-state index in [0.717, 1.165) is 16.7 Å². The Bertz CT molecular complexity index is 1690. The molecular formula is C33H34N4O7. The molecule has 11 heteroatoms. The fourth-order valence-corrected chi connectivity index (χ4v) is 5.36. The molecule has 0 N–H and O–H groups in total. The summed E-state index contributed by atoms with van der Waals surface area (Å²) >= 11 is 0. The second-order valence-corrected chi connectivity index (χ2v) is 10.8. The summed E-state index contributed by atoms with van der Waals surface area (Å²) in [6.07, 6.45) is -0.254. The van der Waals surface area contributed by atoms with Crippen LogP contribution in [0.25, 0.3) is 11.0 Å². The quantitative estimate of drug-likeness (QED) is 0.247. The number of hydrogen-bond donors (Lipinski definition) is 0. The molecule has 1 fully saturated rings. The van der Waals surface area contributed by atoms with Gasteiger partial charge >= 0.3 is 12.2 Å². The molecule has 1 amide bonds. The Morgan fingerprint density at radius 1 is 0.909 bits per heavy atom. The van der Waals surface area contributed by atoms with Crippen molar-refractivity contribution in [2.75, 3.05) is 6.54 Å². The second kappa shape index (κ2) is 13.9. The fourth-order valence-electron chi connectivity index (χ4n) is 5.36. The van der Waals surface area contributed by atoms with E-state index >= 15 is 0 Å². The molecule has 0 bridgehead atoms. The average Bonchev–Trinajstić information content (AvgIpc) is 3.02. The number of piperidine rings is 1. The van der Waals surface area contributed by atoms with Gasteiger partial charge in [-0.1, -0.05) is 60.7 Å². The normalized spacial score (nSPS) is 16.4. The lowest BCUT2D eigenvalue weighted by Gasteiger charge is -2.39. The number of likely N-dealkylation sites (tertiary alicyclic amines) is 1.